The number of carbonyl (C=O) groups excluding carboxylic acids is 2. The van der Waals surface area contributed by atoms with Crippen molar-refractivity contribution in [3.8, 4) is 11.5 Å². The molecule has 1 saturated heterocycles. The van der Waals surface area contributed by atoms with Crippen molar-refractivity contribution in [1.82, 2.24) is 0 Å². The Bertz CT molecular complexity index is 936. The molecule has 0 bridgehead atoms. The van der Waals surface area contributed by atoms with Gasteiger partial charge in [0, 0.05) is 6.42 Å². The summed E-state index contributed by atoms with van der Waals surface area (Å²) in [5.74, 6) is 0.796. The SMILES string of the molecule is O=C1C[C@H](Cc2ccccc2)C(=O)N1c1ccc(Oc2ccccc2)cc1. The lowest BCUT2D eigenvalue weighted by molar-refractivity contribution is -0.122. The molecule has 2 amide bonds. The van der Waals surface area contributed by atoms with Gasteiger partial charge in [0.05, 0.1) is 11.6 Å². The van der Waals surface area contributed by atoms with Crippen molar-refractivity contribution in [1.29, 1.82) is 0 Å². The second-order valence-electron chi connectivity index (χ2n) is 6.57. The number of benzene rings is 3. The van der Waals surface area contributed by atoms with E-state index in [1.54, 1.807) is 24.3 Å². The van der Waals surface area contributed by atoms with Gasteiger partial charge in [-0.1, -0.05) is 48.5 Å². The van der Waals surface area contributed by atoms with Crippen LogP contribution in [-0.4, -0.2) is 11.8 Å². The standard InChI is InChI=1S/C23H19NO3/c25-22-16-18(15-17-7-3-1-4-8-17)23(26)24(22)19-11-13-21(14-12-19)27-20-9-5-2-6-10-20/h1-14,18H,15-16H2/t18-/m0/s1. The van der Waals surface area contributed by atoms with Gasteiger partial charge in [-0.15, -0.1) is 0 Å². The van der Waals surface area contributed by atoms with E-state index in [0.29, 0.717) is 17.9 Å². The van der Waals surface area contributed by atoms with Gasteiger partial charge in [0.25, 0.3) is 0 Å². The van der Waals surface area contributed by atoms with Gasteiger partial charge in [0.15, 0.2) is 0 Å². The summed E-state index contributed by atoms with van der Waals surface area (Å²) in [5.41, 5.74) is 1.65. The number of carbonyl (C=O) groups is 2. The molecule has 3 aromatic carbocycles. The first-order valence-corrected chi connectivity index (χ1v) is 8.94. The summed E-state index contributed by atoms with van der Waals surface area (Å²) in [4.78, 5) is 26.5. The molecule has 4 nitrogen and oxygen atoms in total. The van der Waals surface area contributed by atoms with Crippen molar-refractivity contribution >= 4 is 17.5 Å². The third kappa shape index (κ3) is 3.75. The summed E-state index contributed by atoms with van der Waals surface area (Å²) in [6.45, 7) is 0. The second kappa shape index (κ2) is 7.46. The fourth-order valence-electron chi connectivity index (χ4n) is 3.31. The fraction of sp³-hybridized carbons (Fsp3) is 0.130. The predicted octanol–water partition coefficient (Wildman–Crippen LogP) is 4.60. The van der Waals surface area contributed by atoms with Crippen molar-refractivity contribution in [2.75, 3.05) is 4.90 Å². The van der Waals surface area contributed by atoms with Crippen LogP contribution in [0.5, 0.6) is 11.5 Å². The molecular formula is C23H19NO3. The summed E-state index contributed by atoms with van der Waals surface area (Å²) in [7, 11) is 0. The highest BCUT2D eigenvalue weighted by Crippen LogP contribution is 2.30. The van der Waals surface area contributed by atoms with Gasteiger partial charge in [-0.05, 0) is 48.4 Å². The molecule has 1 aliphatic heterocycles. The summed E-state index contributed by atoms with van der Waals surface area (Å²) in [5, 5.41) is 0. The van der Waals surface area contributed by atoms with E-state index in [1.807, 2.05) is 60.7 Å². The third-order valence-corrected chi connectivity index (χ3v) is 4.64. The molecule has 4 rings (SSSR count). The van der Waals surface area contributed by atoms with Crippen LogP contribution in [0.25, 0.3) is 0 Å². The molecule has 0 aromatic heterocycles. The Hall–Kier alpha value is -3.40. The molecule has 0 radical (unpaired) electrons. The van der Waals surface area contributed by atoms with Crippen molar-refractivity contribution in [3.05, 3.63) is 90.5 Å². The predicted molar refractivity (Wildman–Crippen MR) is 104 cm³/mol. The Morgan fingerprint density at radius 2 is 1.37 bits per heavy atom. The molecular weight excluding hydrogens is 338 g/mol. The number of imide groups is 1. The second-order valence-corrected chi connectivity index (χ2v) is 6.57. The Labute approximate surface area is 158 Å². The zero-order chi connectivity index (χ0) is 18.6. The number of para-hydroxylation sites is 1. The van der Waals surface area contributed by atoms with Crippen LogP contribution in [0, 0.1) is 5.92 Å². The van der Waals surface area contributed by atoms with Crippen molar-refractivity contribution < 1.29 is 14.3 Å². The van der Waals surface area contributed by atoms with Crippen LogP contribution >= 0.6 is 0 Å². The summed E-state index contributed by atoms with van der Waals surface area (Å²) >= 11 is 0. The number of hydrogen-bond donors (Lipinski definition) is 0. The van der Waals surface area contributed by atoms with Gasteiger partial charge in [0.2, 0.25) is 11.8 Å². The number of anilines is 1. The summed E-state index contributed by atoms with van der Waals surface area (Å²) in [6.07, 6.45) is 0.826. The molecule has 1 heterocycles. The van der Waals surface area contributed by atoms with Gasteiger partial charge in [-0.3, -0.25) is 14.5 Å². The lowest BCUT2D eigenvalue weighted by Gasteiger charge is -2.16. The molecule has 1 atom stereocenters. The van der Waals surface area contributed by atoms with Crippen LogP contribution < -0.4 is 9.64 Å². The van der Waals surface area contributed by atoms with Gasteiger partial charge in [-0.2, -0.15) is 0 Å². The average Bonchev–Trinajstić information content (AvgIpc) is 2.97. The first-order valence-electron chi connectivity index (χ1n) is 8.94. The van der Waals surface area contributed by atoms with Gasteiger partial charge < -0.3 is 4.74 Å². The number of hydrogen-bond acceptors (Lipinski definition) is 3. The van der Waals surface area contributed by atoms with E-state index in [-0.39, 0.29) is 24.2 Å². The molecule has 134 valence electrons. The maximum atomic E-state index is 12.8. The fourth-order valence-corrected chi connectivity index (χ4v) is 3.31. The van der Waals surface area contributed by atoms with Gasteiger partial charge in [0.1, 0.15) is 11.5 Å². The van der Waals surface area contributed by atoms with Gasteiger partial charge in [-0.25, -0.2) is 0 Å². The number of ether oxygens (including phenoxy) is 1. The maximum Gasteiger partial charge on any atom is 0.237 e. The van der Waals surface area contributed by atoms with Crippen LogP contribution in [0.15, 0.2) is 84.9 Å². The van der Waals surface area contributed by atoms with Gasteiger partial charge >= 0.3 is 0 Å². The van der Waals surface area contributed by atoms with E-state index in [0.717, 1.165) is 11.3 Å². The van der Waals surface area contributed by atoms with E-state index in [9.17, 15) is 9.59 Å². The number of rotatable bonds is 5. The van der Waals surface area contributed by atoms with E-state index in [1.165, 1.54) is 4.90 Å². The summed E-state index contributed by atoms with van der Waals surface area (Å²) < 4.78 is 5.76. The maximum absolute atomic E-state index is 12.8. The molecule has 3 aromatic rings. The van der Waals surface area contributed by atoms with Crippen LogP contribution in [0.2, 0.25) is 0 Å². The first kappa shape index (κ1) is 17.0. The Balaban J connectivity index is 1.48. The smallest absolute Gasteiger partial charge is 0.237 e. The molecule has 4 heteroatoms. The minimum atomic E-state index is -0.305. The van der Waals surface area contributed by atoms with E-state index in [4.69, 9.17) is 4.74 Å². The molecule has 1 fully saturated rings. The lowest BCUT2D eigenvalue weighted by atomic mass is 9.98. The van der Waals surface area contributed by atoms with E-state index in [2.05, 4.69) is 0 Å². The van der Waals surface area contributed by atoms with Crippen molar-refractivity contribution in [2.45, 2.75) is 12.8 Å². The Kier molecular flexibility index (Phi) is 4.71. The van der Waals surface area contributed by atoms with Crippen molar-refractivity contribution in [2.24, 2.45) is 5.92 Å². The lowest BCUT2D eigenvalue weighted by Crippen LogP contribution is -2.30. The topological polar surface area (TPSA) is 46.6 Å². The van der Waals surface area contributed by atoms with Crippen LogP contribution in [0.4, 0.5) is 5.69 Å². The zero-order valence-electron chi connectivity index (χ0n) is 14.7. The molecule has 1 aliphatic rings. The quantitative estimate of drug-likeness (QED) is 0.627. The molecule has 27 heavy (non-hydrogen) atoms. The third-order valence-electron chi connectivity index (χ3n) is 4.64. The zero-order valence-corrected chi connectivity index (χ0v) is 14.7. The molecule has 0 aliphatic carbocycles. The van der Waals surface area contributed by atoms with E-state index < -0.39 is 0 Å². The Morgan fingerprint density at radius 3 is 2.04 bits per heavy atom. The number of amides is 2. The molecule has 0 spiro atoms. The molecule has 0 unspecified atom stereocenters. The van der Waals surface area contributed by atoms with Crippen LogP contribution in [0.1, 0.15) is 12.0 Å². The highest BCUT2D eigenvalue weighted by molar-refractivity contribution is 6.21. The average molecular weight is 357 g/mol. The van der Waals surface area contributed by atoms with Crippen molar-refractivity contribution in [3.63, 3.8) is 0 Å². The molecule has 0 N–H and O–H groups in total. The molecule has 0 saturated carbocycles. The number of nitrogens with zero attached hydrogens (tertiary/aromatic N) is 1. The minimum absolute atomic E-state index is 0.138. The van der Waals surface area contributed by atoms with Crippen LogP contribution in [0.3, 0.4) is 0 Å². The summed E-state index contributed by atoms with van der Waals surface area (Å²) in [6, 6.07) is 26.3. The largest absolute Gasteiger partial charge is 0.457 e. The normalized spacial score (nSPS) is 16.6. The van der Waals surface area contributed by atoms with E-state index >= 15 is 0 Å². The minimum Gasteiger partial charge on any atom is -0.457 e. The first-order chi connectivity index (χ1) is 13.2. The highest BCUT2D eigenvalue weighted by Gasteiger charge is 2.39. The highest BCUT2D eigenvalue weighted by atomic mass is 16.5. The monoisotopic (exact) mass is 357 g/mol. The van der Waals surface area contributed by atoms with Crippen LogP contribution in [-0.2, 0) is 16.0 Å². The Morgan fingerprint density at radius 1 is 0.778 bits per heavy atom.